The van der Waals surface area contributed by atoms with Crippen LogP contribution < -0.4 is 10.0 Å². The average Bonchev–Trinajstić information content (AvgIpc) is 2.61. The molecule has 1 aromatic rings. The lowest BCUT2D eigenvalue weighted by molar-refractivity contribution is -0.144. The molecule has 150 valence electrons. The van der Waals surface area contributed by atoms with Crippen LogP contribution >= 0.6 is 0 Å². The Hall–Kier alpha value is -1.68. The van der Waals surface area contributed by atoms with Crippen LogP contribution in [0.5, 0.6) is 0 Å². The first kappa shape index (κ1) is 20.1. The van der Waals surface area contributed by atoms with Crippen LogP contribution in [-0.2, 0) is 19.6 Å². The molecular formula is C18H28N4O4S. The average molecular weight is 397 g/mol. The Balaban J connectivity index is 1.51. The molecule has 2 aliphatic rings. The van der Waals surface area contributed by atoms with Gasteiger partial charge in [-0.3, -0.25) is 9.69 Å². The third kappa shape index (κ3) is 5.19. The van der Waals surface area contributed by atoms with Crippen LogP contribution in [0.3, 0.4) is 0 Å². The maximum Gasteiger partial charge on any atom is 0.238 e. The summed E-state index contributed by atoms with van der Waals surface area (Å²) >= 11 is 0. The van der Waals surface area contributed by atoms with E-state index in [1.807, 2.05) is 18.7 Å². The van der Waals surface area contributed by atoms with Gasteiger partial charge < -0.3 is 14.5 Å². The van der Waals surface area contributed by atoms with Crippen LogP contribution in [0.15, 0.2) is 29.2 Å². The zero-order valence-electron chi connectivity index (χ0n) is 15.9. The smallest absolute Gasteiger partial charge is 0.238 e. The maximum atomic E-state index is 12.6. The third-order valence-electron chi connectivity index (χ3n) is 5.03. The summed E-state index contributed by atoms with van der Waals surface area (Å²) in [6, 6.07) is 6.61. The Bertz CT molecular complexity index is 750. The van der Waals surface area contributed by atoms with E-state index in [4.69, 9.17) is 9.88 Å². The van der Waals surface area contributed by atoms with Crippen molar-refractivity contribution in [3.8, 4) is 0 Å². The molecule has 8 nitrogen and oxygen atoms in total. The van der Waals surface area contributed by atoms with Crippen LogP contribution in [0.1, 0.15) is 13.8 Å². The number of carbonyl (C=O) groups is 1. The molecule has 2 heterocycles. The number of benzene rings is 1. The third-order valence-corrected chi connectivity index (χ3v) is 5.96. The van der Waals surface area contributed by atoms with Gasteiger partial charge in [0.15, 0.2) is 0 Å². The molecule has 0 aliphatic carbocycles. The molecule has 2 atom stereocenters. The van der Waals surface area contributed by atoms with E-state index in [2.05, 4.69) is 9.80 Å². The number of carbonyl (C=O) groups excluding carboxylic acids is 1. The molecule has 27 heavy (non-hydrogen) atoms. The Labute approximate surface area is 160 Å². The fraction of sp³-hybridized carbons (Fsp3) is 0.611. The van der Waals surface area contributed by atoms with E-state index >= 15 is 0 Å². The van der Waals surface area contributed by atoms with Gasteiger partial charge in [0.2, 0.25) is 15.9 Å². The van der Waals surface area contributed by atoms with Crippen molar-refractivity contribution >= 4 is 21.6 Å². The molecule has 2 aliphatic heterocycles. The number of nitrogens with zero attached hydrogens (tertiary/aromatic N) is 3. The van der Waals surface area contributed by atoms with Gasteiger partial charge in [0.05, 0.1) is 23.6 Å². The van der Waals surface area contributed by atoms with Gasteiger partial charge in [-0.25, -0.2) is 13.6 Å². The van der Waals surface area contributed by atoms with Crippen LogP contribution in [0.2, 0.25) is 0 Å². The fourth-order valence-electron chi connectivity index (χ4n) is 3.68. The summed E-state index contributed by atoms with van der Waals surface area (Å²) in [5, 5.41) is 5.14. The van der Waals surface area contributed by atoms with E-state index in [0.29, 0.717) is 19.6 Å². The van der Waals surface area contributed by atoms with E-state index < -0.39 is 10.0 Å². The number of anilines is 1. The highest BCUT2D eigenvalue weighted by atomic mass is 32.2. The van der Waals surface area contributed by atoms with Gasteiger partial charge in [0, 0.05) is 45.0 Å². The number of piperazine rings is 1. The number of sulfonamides is 1. The maximum absolute atomic E-state index is 12.6. The SMILES string of the molecule is CC1CN(C(=O)CN2CCN(c3ccc(S(N)(=O)=O)cc3)CC2)CC(C)O1. The quantitative estimate of drug-likeness (QED) is 0.775. The topological polar surface area (TPSA) is 96.2 Å². The molecule has 0 radical (unpaired) electrons. The Kier molecular flexibility index (Phi) is 6.05. The highest BCUT2D eigenvalue weighted by Gasteiger charge is 2.28. The molecular weight excluding hydrogens is 368 g/mol. The van der Waals surface area contributed by atoms with Crippen molar-refractivity contribution in [2.45, 2.75) is 31.0 Å². The minimum Gasteiger partial charge on any atom is -0.372 e. The summed E-state index contributed by atoms with van der Waals surface area (Å²) in [6.45, 7) is 8.88. The second kappa shape index (κ2) is 8.14. The summed E-state index contributed by atoms with van der Waals surface area (Å²) in [7, 11) is -3.67. The lowest BCUT2D eigenvalue weighted by atomic mass is 10.2. The van der Waals surface area contributed by atoms with Crippen molar-refractivity contribution in [1.82, 2.24) is 9.80 Å². The zero-order chi connectivity index (χ0) is 19.6. The summed E-state index contributed by atoms with van der Waals surface area (Å²) in [5.41, 5.74) is 0.962. The first-order valence-corrected chi connectivity index (χ1v) is 10.8. The Morgan fingerprint density at radius 2 is 1.63 bits per heavy atom. The monoisotopic (exact) mass is 396 g/mol. The second-order valence-electron chi connectivity index (χ2n) is 7.36. The Morgan fingerprint density at radius 1 is 1.07 bits per heavy atom. The van der Waals surface area contributed by atoms with Crippen molar-refractivity contribution in [1.29, 1.82) is 0 Å². The van der Waals surface area contributed by atoms with Gasteiger partial charge in [-0.2, -0.15) is 0 Å². The van der Waals surface area contributed by atoms with E-state index in [9.17, 15) is 13.2 Å². The molecule has 9 heteroatoms. The summed E-state index contributed by atoms with van der Waals surface area (Å²) in [4.78, 5) is 19.0. The molecule has 1 aromatic carbocycles. The molecule has 0 bridgehead atoms. The van der Waals surface area contributed by atoms with Crippen LogP contribution in [0.25, 0.3) is 0 Å². The van der Waals surface area contributed by atoms with Crippen LogP contribution in [0, 0.1) is 0 Å². The number of hydrogen-bond acceptors (Lipinski definition) is 6. The van der Waals surface area contributed by atoms with Gasteiger partial charge in [-0.15, -0.1) is 0 Å². The van der Waals surface area contributed by atoms with E-state index in [-0.39, 0.29) is 23.0 Å². The first-order valence-electron chi connectivity index (χ1n) is 9.26. The lowest BCUT2D eigenvalue weighted by Crippen LogP contribution is -2.53. The largest absolute Gasteiger partial charge is 0.372 e. The van der Waals surface area contributed by atoms with Gasteiger partial charge in [-0.1, -0.05) is 0 Å². The number of morpholine rings is 1. The lowest BCUT2D eigenvalue weighted by Gasteiger charge is -2.39. The highest BCUT2D eigenvalue weighted by molar-refractivity contribution is 7.89. The summed E-state index contributed by atoms with van der Waals surface area (Å²) in [5.74, 6) is 0.156. The predicted octanol–water partition coefficient (Wildman–Crippen LogP) is 0.0918. The number of ether oxygens (including phenoxy) is 1. The van der Waals surface area contributed by atoms with Crippen LogP contribution in [-0.4, -0.2) is 82.1 Å². The normalized spacial score (nSPS) is 24.9. The van der Waals surface area contributed by atoms with Gasteiger partial charge in [0.1, 0.15) is 0 Å². The minimum absolute atomic E-state index is 0.0786. The predicted molar refractivity (Wildman–Crippen MR) is 103 cm³/mol. The van der Waals surface area contributed by atoms with Gasteiger partial charge >= 0.3 is 0 Å². The van der Waals surface area contributed by atoms with Gasteiger partial charge in [-0.05, 0) is 38.1 Å². The number of primary sulfonamides is 1. The zero-order valence-corrected chi connectivity index (χ0v) is 16.7. The first-order chi connectivity index (χ1) is 12.7. The standard InChI is InChI=1S/C18H28N4O4S/c1-14-11-22(12-15(2)26-14)18(23)13-20-7-9-21(10-8-20)16-3-5-17(6-4-16)27(19,24)25/h3-6,14-15H,7-13H2,1-2H3,(H2,19,24,25). The molecule has 3 rings (SSSR count). The van der Waals surface area contributed by atoms with Gasteiger partial charge in [0.25, 0.3) is 0 Å². The molecule has 0 spiro atoms. The van der Waals surface area contributed by atoms with Crippen molar-refractivity contribution in [3.05, 3.63) is 24.3 Å². The van der Waals surface area contributed by atoms with E-state index in [1.54, 1.807) is 12.1 Å². The highest BCUT2D eigenvalue weighted by Crippen LogP contribution is 2.19. The second-order valence-corrected chi connectivity index (χ2v) is 8.92. The molecule has 0 aromatic heterocycles. The van der Waals surface area contributed by atoms with Crippen molar-refractivity contribution in [2.75, 3.05) is 50.7 Å². The number of rotatable bonds is 4. The minimum atomic E-state index is -3.67. The van der Waals surface area contributed by atoms with Crippen LogP contribution in [0.4, 0.5) is 5.69 Å². The van der Waals surface area contributed by atoms with Crippen molar-refractivity contribution in [2.24, 2.45) is 5.14 Å². The number of amides is 1. The molecule has 1 amide bonds. The van der Waals surface area contributed by atoms with E-state index in [1.165, 1.54) is 12.1 Å². The molecule has 2 fully saturated rings. The molecule has 2 unspecified atom stereocenters. The number of hydrogen-bond donors (Lipinski definition) is 1. The Morgan fingerprint density at radius 3 is 2.15 bits per heavy atom. The summed E-state index contributed by atoms with van der Waals surface area (Å²) < 4.78 is 28.4. The number of nitrogens with two attached hydrogens (primary N) is 1. The fourth-order valence-corrected chi connectivity index (χ4v) is 4.20. The van der Waals surface area contributed by atoms with E-state index in [0.717, 1.165) is 31.9 Å². The summed E-state index contributed by atoms with van der Waals surface area (Å²) in [6.07, 6.45) is 0.157. The molecule has 2 N–H and O–H groups in total. The molecule has 2 saturated heterocycles. The van der Waals surface area contributed by atoms with Crippen molar-refractivity contribution in [3.63, 3.8) is 0 Å². The molecule has 0 saturated carbocycles. The van der Waals surface area contributed by atoms with Crippen molar-refractivity contribution < 1.29 is 17.9 Å².